The zero-order valence-electron chi connectivity index (χ0n) is 12.4. The van der Waals surface area contributed by atoms with Gasteiger partial charge in [-0.15, -0.1) is 0 Å². The fourth-order valence-electron chi connectivity index (χ4n) is 2.15. The van der Waals surface area contributed by atoms with Crippen LogP contribution in [0.25, 0.3) is 5.69 Å². The summed E-state index contributed by atoms with van der Waals surface area (Å²) in [6.45, 7) is 1.28. The predicted octanol–water partition coefficient (Wildman–Crippen LogP) is 2.13. The van der Waals surface area contributed by atoms with Gasteiger partial charge in [-0.2, -0.15) is 18.4 Å². The Hall–Kier alpha value is -2.53. The number of alkyl halides is 3. The maximum atomic E-state index is 12.8. The van der Waals surface area contributed by atoms with E-state index in [1.165, 1.54) is 35.0 Å². The molecule has 1 N–H and O–H groups in total. The quantitative estimate of drug-likeness (QED) is 0.940. The molecule has 0 amide bonds. The van der Waals surface area contributed by atoms with Crippen molar-refractivity contribution in [3.63, 3.8) is 0 Å². The van der Waals surface area contributed by atoms with Crippen LogP contribution in [0.2, 0.25) is 0 Å². The second-order valence-electron chi connectivity index (χ2n) is 5.45. The Balaban J connectivity index is 2.44. The van der Waals surface area contributed by atoms with Gasteiger partial charge in [0.2, 0.25) is 0 Å². The second kappa shape index (κ2) is 5.59. The normalized spacial score (nSPS) is 14.3. The molecule has 0 saturated carbocycles. The lowest BCUT2D eigenvalue weighted by Crippen LogP contribution is -2.47. The Kier molecular flexibility index (Phi) is 4.09. The lowest BCUT2D eigenvalue weighted by Gasteiger charge is -2.26. The zero-order chi connectivity index (χ0) is 17.4. The molecule has 0 saturated heterocycles. The molecule has 23 heavy (non-hydrogen) atoms. The standard InChI is InChI=1S/C15H14F3N3O2/c1-10-8-20(9-14(2,23)15(16,17)18)13(22)21(10)12-5-3-11(7-19)4-6-12/h3-6,8,23H,9H2,1-2H3/t14-/m1/s1. The van der Waals surface area contributed by atoms with Crippen LogP contribution in [0.1, 0.15) is 18.2 Å². The van der Waals surface area contributed by atoms with Crippen molar-refractivity contribution >= 4 is 0 Å². The van der Waals surface area contributed by atoms with Crippen molar-refractivity contribution in [1.82, 2.24) is 9.13 Å². The van der Waals surface area contributed by atoms with E-state index >= 15 is 0 Å². The van der Waals surface area contributed by atoms with Crippen molar-refractivity contribution in [2.45, 2.75) is 32.2 Å². The van der Waals surface area contributed by atoms with Crippen molar-refractivity contribution < 1.29 is 18.3 Å². The number of rotatable bonds is 3. The van der Waals surface area contributed by atoms with Crippen molar-refractivity contribution in [2.75, 3.05) is 0 Å². The second-order valence-corrected chi connectivity index (χ2v) is 5.45. The van der Waals surface area contributed by atoms with Gasteiger partial charge in [-0.1, -0.05) is 0 Å². The summed E-state index contributed by atoms with van der Waals surface area (Å²) in [4.78, 5) is 12.3. The van der Waals surface area contributed by atoms with Crippen LogP contribution in [-0.4, -0.2) is 26.0 Å². The molecule has 0 fully saturated rings. The molecule has 0 aliphatic heterocycles. The first kappa shape index (κ1) is 16.8. The summed E-state index contributed by atoms with van der Waals surface area (Å²) in [6, 6.07) is 8.00. The third kappa shape index (κ3) is 3.14. The van der Waals surface area contributed by atoms with E-state index in [2.05, 4.69) is 0 Å². The summed E-state index contributed by atoms with van der Waals surface area (Å²) in [5.41, 5.74) is -2.47. The first-order valence-corrected chi connectivity index (χ1v) is 6.65. The van der Waals surface area contributed by atoms with Crippen LogP contribution in [0.4, 0.5) is 13.2 Å². The Morgan fingerprint density at radius 3 is 2.30 bits per heavy atom. The Morgan fingerprint density at radius 2 is 1.83 bits per heavy atom. The van der Waals surface area contributed by atoms with Gasteiger partial charge < -0.3 is 5.11 Å². The Morgan fingerprint density at radius 1 is 1.26 bits per heavy atom. The molecule has 8 heteroatoms. The largest absolute Gasteiger partial charge is 0.418 e. The van der Waals surface area contributed by atoms with E-state index in [1.54, 1.807) is 6.92 Å². The van der Waals surface area contributed by atoms with Gasteiger partial charge in [0.1, 0.15) is 0 Å². The van der Waals surface area contributed by atoms with E-state index < -0.39 is 24.0 Å². The zero-order valence-corrected chi connectivity index (χ0v) is 12.4. The molecule has 2 aromatic rings. The number of nitrogens with zero attached hydrogens (tertiary/aromatic N) is 3. The topological polar surface area (TPSA) is 71.0 Å². The molecule has 0 bridgehead atoms. The maximum Gasteiger partial charge on any atom is 0.418 e. The van der Waals surface area contributed by atoms with Gasteiger partial charge in [0.25, 0.3) is 0 Å². The average Bonchev–Trinajstić information content (AvgIpc) is 2.72. The van der Waals surface area contributed by atoms with E-state index in [0.717, 1.165) is 4.57 Å². The van der Waals surface area contributed by atoms with E-state index in [-0.39, 0.29) is 0 Å². The fourth-order valence-corrected chi connectivity index (χ4v) is 2.15. The molecule has 1 atom stereocenters. The minimum Gasteiger partial charge on any atom is -0.379 e. The summed E-state index contributed by atoms with van der Waals surface area (Å²) in [6.07, 6.45) is -3.60. The highest BCUT2D eigenvalue weighted by atomic mass is 19.4. The summed E-state index contributed by atoms with van der Waals surface area (Å²) >= 11 is 0. The van der Waals surface area contributed by atoms with Crippen LogP contribution in [-0.2, 0) is 6.54 Å². The number of hydrogen-bond acceptors (Lipinski definition) is 3. The highest BCUT2D eigenvalue weighted by molar-refractivity contribution is 5.40. The molecule has 122 valence electrons. The third-order valence-corrected chi connectivity index (χ3v) is 3.48. The molecule has 1 heterocycles. The van der Waals surface area contributed by atoms with Crippen LogP contribution in [0.3, 0.4) is 0 Å². The number of hydrogen-bond donors (Lipinski definition) is 1. The summed E-state index contributed by atoms with van der Waals surface area (Å²) in [5, 5.41) is 18.3. The van der Waals surface area contributed by atoms with Gasteiger partial charge in [0, 0.05) is 11.9 Å². The first-order chi connectivity index (χ1) is 10.6. The van der Waals surface area contributed by atoms with E-state index in [4.69, 9.17) is 5.26 Å². The molecule has 0 aliphatic rings. The molecule has 5 nitrogen and oxygen atoms in total. The summed E-state index contributed by atoms with van der Waals surface area (Å²) in [7, 11) is 0. The van der Waals surface area contributed by atoms with Crippen LogP contribution in [0, 0.1) is 18.3 Å². The smallest absolute Gasteiger partial charge is 0.379 e. The number of aryl methyl sites for hydroxylation is 1. The molecule has 0 spiro atoms. The summed E-state index contributed by atoms with van der Waals surface area (Å²) in [5.74, 6) is 0. The number of imidazole rings is 1. The Labute approximate surface area is 129 Å². The number of benzene rings is 1. The number of aromatic nitrogens is 2. The van der Waals surface area contributed by atoms with E-state index in [1.807, 2.05) is 6.07 Å². The highest BCUT2D eigenvalue weighted by Gasteiger charge is 2.50. The number of nitriles is 1. The van der Waals surface area contributed by atoms with Gasteiger partial charge in [-0.05, 0) is 38.1 Å². The van der Waals surface area contributed by atoms with Crippen LogP contribution in [0.5, 0.6) is 0 Å². The number of aliphatic hydroxyl groups is 1. The van der Waals surface area contributed by atoms with Crippen molar-refractivity contribution in [1.29, 1.82) is 5.26 Å². The van der Waals surface area contributed by atoms with Gasteiger partial charge in [0.15, 0.2) is 5.60 Å². The van der Waals surface area contributed by atoms with Crippen LogP contribution < -0.4 is 5.69 Å². The molecule has 2 rings (SSSR count). The third-order valence-electron chi connectivity index (χ3n) is 3.48. The molecule has 1 aromatic carbocycles. The molecular formula is C15H14F3N3O2. The predicted molar refractivity (Wildman–Crippen MR) is 76.2 cm³/mol. The van der Waals surface area contributed by atoms with Gasteiger partial charge in [-0.3, -0.25) is 9.13 Å². The van der Waals surface area contributed by atoms with Gasteiger partial charge in [0.05, 0.1) is 23.9 Å². The van der Waals surface area contributed by atoms with Crippen molar-refractivity contribution in [3.05, 3.63) is 52.2 Å². The van der Waals surface area contributed by atoms with E-state index in [9.17, 15) is 23.1 Å². The molecule has 0 unspecified atom stereocenters. The molecule has 0 aliphatic carbocycles. The van der Waals surface area contributed by atoms with E-state index in [0.29, 0.717) is 23.9 Å². The Bertz CT molecular complexity index is 808. The minimum absolute atomic E-state index is 0.402. The lowest BCUT2D eigenvalue weighted by molar-refractivity contribution is -0.257. The monoisotopic (exact) mass is 325 g/mol. The lowest BCUT2D eigenvalue weighted by atomic mass is 10.1. The first-order valence-electron chi connectivity index (χ1n) is 6.65. The van der Waals surface area contributed by atoms with Crippen LogP contribution >= 0.6 is 0 Å². The minimum atomic E-state index is -4.85. The summed E-state index contributed by atoms with van der Waals surface area (Å²) < 4.78 is 40.3. The average molecular weight is 325 g/mol. The van der Waals surface area contributed by atoms with Gasteiger partial charge in [-0.25, -0.2) is 4.79 Å². The molecule has 1 aromatic heterocycles. The maximum absolute atomic E-state index is 12.8. The molecule has 0 radical (unpaired) electrons. The van der Waals surface area contributed by atoms with Crippen molar-refractivity contribution in [3.8, 4) is 11.8 Å². The van der Waals surface area contributed by atoms with Crippen molar-refractivity contribution in [2.24, 2.45) is 0 Å². The fraction of sp³-hybridized carbons (Fsp3) is 0.333. The SMILES string of the molecule is Cc1cn(C[C@@](C)(O)C(F)(F)F)c(=O)n1-c1ccc(C#N)cc1. The van der Waals surface area contributed by atoms with Crippen LogP contribution in [0.15, 0.2) is 35.3 Å². The number of halogens is 3. The molecular weight excluding hydrogens is 311 g/mol. The highest BCUT2D eigenvalue weighted by Crippen LogP contribution is 2.31. The van der Waals surface area contributed by atoms with Gasteiger partial charge >= 0.3 is 11.9 Å².